The summed E-state index contributed by atoms with van der Waals surface area (Å²) in [4.78, 5) is 46.4. The van der Waals surface area contributed by atoms with E-state index in [0.29, 0.717) is 37.8 Å². The van der Waals surface area contributed by atoms with Gasteiger partial charge in [0, 0.05) is 57.5 Å². The first-order valence-corrected chi connectivity index (χ1v) is 10.9. The minimum Gasteiger partial charge on any atom is -0.354 e. The summed E-state index contributed by atoms with van der Waals surface area (Å²) < 4.78 is 1.76. The molecule has 4 heterocycles. The molecule has 1 aromatic heterocycles. The van der Waals surface area contributed by atoms with Gasteiger partial charge in [-0.1, -0.05) is 0 Å². The number of piperidine rings is 3. The van der Waals surface area contributed by atoms with Gasteiger partial charge in [-0.15, -0.1) is 0 Å². The Labute approximate surface area is 170 Å². The highest BCUT2D eigenvalue weighted by Gasteiger charge is 2.50. The van der Waals surface area contributed by atoms with Crippen molar-refractivity contribution in [1.82, 2.24) is 24.7 Å². The van der Waals surface area contributed by atoms with Gasteiger partial charge >= 0.3 is 0 Å². The molecule has 0 spiro atoms. The van der Waals surface area contributed by atoms with Crippen molar-refractivity contribution in [3.05, 3.63) is 18.2 Å². The average molecular weight is 399 g/mol. The monoisotopic (exact) mass is 399 g/mol. The summed E-state index contributed by atoms with van der Waals surface area (Å²) in [6.07, 6.45) is 8.89. The maximum absolute atomic E-state index is 13.1. The van der Waals surface area contributed by atoms with Gasteiger partial charge in [0.2, 0.25) is 11.8 Å². The Bertz CT molecular complexity index is 832. The number of fused-ring (bicyclic) bond motifs is 4. The van der Waals surface area contributed by atoms with Crippen molar-refractivity contribution in [1.29, 1.82) is 0 Å². The van der Waals surface area contributed by atoms with Gasteiger partial charge in [0.05, 0.1) is 6.04 Å². The molecule has 8 nitrogen and oxygen atoms in total. The average Bonchev–Trinajstić information content (AvgIpc) is 3.48. The molecule has 0 unspecified atom stereocenters. The summed E-state index contributed by atoms with van der Waals surface area (Å²) in [6, 6.07) is 0.149. The molecule has 4 fully saturated rings. The Morgan fingerprint density at radius 2 is 2.00 bits per heavy atom. The number of hydrogen-bond donors (Lipinski definition) is 1. The molecule has 4 atom stereocenters. The number of nitrogens with zero attached hydrogens (tertiary/aromatic N) is 4. The van der Waals surface area contributed by atoms with E-state index in [-0.39, 0.29) is 41.6 Å². The number of carbonyl (C=O) groups excluding carboxylic acids is 3. The van der Waals surface area contributed by atoms with Gasteiger partial charge in [-0.3, -0.25) is 14.4 Å². The predicted molar refractivity (Wildman–Crippen MR) is 105 cm³/mol. The molecule has 2 bridgehead atoms. The molecule has 1 aliphatic carbocycles. The van der Waals surface area contributed by atoms with Crippen molar-refractivity contribution in [2.24, 2.45) is 24.8 Å². The van der Waals surface area contributed by atoms with Crippen molar-refractivity contribution in [3.8, 4) is 0 Å². The van der Waals surface area contributed by atoms with Crippen LogP contribution in [-0.2, 0) is 16.6 Å². The summed E-state index contributed by atoms with van der Waals surface area (Å²) in [7, 11) is 1.84. The maximum Gasteiger partial charge on any atom is 0.289 e. The highest BCUT2D eigenvalue weighted by Crippen LogP contribution is 2.41. The van der Waals surface area contributed by atoms with Crippen LogP contribution in [0.5, 0.6) is 0 Å². The molecule has 3 aliphatic heterocycles. The van der Waals surface area contributed by atoms with E-state index in [1.807, 2.05) is 11.9 Å². The second-order valence-corrected chi connectivity index (χ2v) is 9.18. The molecule has 3 saturated heterocycles. The largest absolute Gasteiger partial charge is 0.354 e. The molecular weight excluding hydrogens is 370 g/mol. The highest BCUT2D eigenvalue weighted by atomic mass is 16.2. The normalized spacial score (nSPS) is 31.4. The van der Waals surface area contributed by atoms with Crippen molar-refractivity contribution < 1.29 is 14.4 Å². The van der Waals surface area contributed by atoms with Crippen LogP contribution in [0.4, 0.5) is 0 Å². The standard InChI is InChI=1S/C21H29N5O3/c1-24-8-7-22-19(24)21(29)25-11-14-9-15(12-25)17(10-23-20(28)13-5-6-13)26-16(14)3-2-4-18(26)27/h7-8,13-17H,2-6,9-12H2,1H3,(H,23,28)/t14-,15+,16+,17+/m1/s1. The second kappa shape index (κ2) is 7.15. The number of likely N-dealkylation sites (tertiary alicyclic amines) is 1. The van der Waals surface area contributed by atoms with Gasteiger partial charge < -0.3 is 19.7 Å². The lowest BCUT2D eigenvalue weighted by atomic mass is 9.72. The van der Waals surface area contributed by atoms with Crippen LogP contribution in [0.1, 0.15) is 49.1 Å². The summed E-state index contributed by atoms with van der Waals surface area (Å²) in [6.45, 7) is 1.79. The SMILES string of the molecule is Cn1ccnc1C(=O)N1C[C@H]2C[C@@H](C1)[C@H](CNC(=O)C1CC1)N1C(=O)CCC[C@@H]21. The number of hydrogen-bond acceptors (Lipinski definition) is 4. The first-order chi connectivity index (χ1) is 14.0. The quantitative estimate of drug-likeness (QED) is 0.811. The van der Waals surface area contributed by atoms with E-state index in [9.17, 15) is 14.4 Å². The third kappa shape index (κ3) is 3.32. The molecule has 156 valence electrons. The third-order valence-corrected chi connectivity index (χ3v) is 7.23. The van der Waals surface area contributed by atoms with Crippen LogP contribution >= 0.6 is 0 Å². The van der Waals surface area contributed by atoms with Gasteiger partial charge in [0.1, 0.15) is 0 Å². The zero-order chi connectivity index (χ0) is 20.1. The number of nitrogens with one attached hydrogen (secondary N) is 1. The number of rotatable bonds is 4. The van der Waals surface area contributed by atoms with Crippen LogP contribution in [0, 0.1) is 17.8 Å². The van der Waals surface area contributed by atoms with Crippen molar-refractivity contribution in [2.75, 3.05) is 19.6 Å². The van der Waals surface area contributed by atoms with Gasteiger partial charge in [0.15, 0.2) is 5.82 Å². The Hall–Kier alpha value is -2.38. The molecule has 0 aromatic carbocycles. The minimum absolute atomic E-state index is 0.0243. The van der Waals surface area contributed by atoms with Crippen LogP contribution in [-0.4, -0.2) is 68.8 Å². The number of aromatic nitrogens is 2. The van der Waals surface area contributed by atoms with Crippen molar-refractivity contribution in [3.63, 3.8) is 0 Å². The fraction of sp³-hybridized carbons (Fsp3) is 0.714. The van der Waals surface area contributed by atoms with E-state index in [0.717, 1.165) is 32.1 Å². The van der Waals surface area contributed by atoms with Crippen LogP contribution in [0.15, 0.2) is 12.4 Å². The number of aryl methyl sites for hydroxylation is 1. The molecule has 29 heavy (non-hydrogen) atoms. The van der Waals surface area contributed by atoms with E-state index in [4.69, 9.17) is 0 Å². The molecule has 4 aliphatic rings. The molecule has 5 rings (SSSR count). The summed E-state index contributed by atoms with van der Waals surface area (Å²) in [5.41, 5.74) is 0. The molecule has 1 saturated carbocycles. The fourth-order valence-electron chi connectivity index (χ4n) is 5.61. The molecule has 1 aromatic rings. The van der Waals surface area contributed by atoms with Gasteiger partial charge in [-0.25, -0.2) is 4.98 Å². The summed E-state index contributed by atoms with van der Waals surface area (Å²) in [5, 5.41) is 3.10. The van der Waals surface area contributed by atoms with Gasteiger partial charge in [-0.05, 0) is 43.9 Å². The van der Waals surface area contributed by atoms with E-state index in [2.05, 4.69) is 15.2 Å². The zero-order valence-corrected chi connectivity index (χ0v) is 16.9. The number of imidazole rings is 1. The van der Waals surface area contributed by atoms with Crippen LogP contribution in [0.3, 0.4) is 0 Å². The lowest BCUT2D eigenvalue weighted by molar-refractivity contribution is -0.152. The van der Waals surface area contributed by atoms with E-state index < -0.39 is 0 Å². The van der Waals surface area contributed by atoms with E-state index in [1.165, 1.54) is 0 Å². The van der Waals surface area contributed by atoms with Gasteiger partial charge in [-0.2, -0.15) is 0 Å². The van der Waals surface area contributed by atoms with E-state index >= 15 is 0 Å². The second-order valence-electron chi connectivity index (χ2n) is 9.18. The molecular formula is C21H29N5O3. The summed E-state index contributed by atoms with van der Waals surface area (Å²) in [5.74, 6) is 1.40. The number of carbonyl (C=O) groups is 3. The lowest BCUT2D eigenvalue weighted by Crippen LogP contribution is -2.67. The van der Waals surface area contributed by atoms with Crippen LogP contribution < -0.4 is 5.32 Å². The summed E-state index contributed by atoms with van der Waals surface area (Å²) >= 11 is 0. The highest BCUT2D eigenvalue weighted by molar-refractivity contribution is 5.91. The molecule has 0 radical (unpaired) electrons. The van der Waals surface area contributed by atoms with Gasteiger partial charge in [0.25, 0.3) is 5.91 Å². The van der Waals surface area contributed by atoms with E-state index in [1.54, 1.807) is 17.0 Å². The first-order valence-electron chi connectivity index (χ1n) is 10.9. The minimum atomic E-state index is -0.0384. The fourth-order valence-corrected chi connectivity index (χ4v) is 5.61. The Morgan fingerprint density at radius 1 is 1.21 bits per heavy atom. The maximum atomic E-state index is 13.1. The molecule has 1 N–H and O–H groups in total. The first kappa shape index (κ1) is 18.6. The Kier molecular flexibility index (Phi) is 4.59. The zero-order valence-electron chi connectivity index (χ0n) is 16.9. The smallest absolute Gasteiger partial charge is 0.289 e. The Balaban J connectivity index is 1.38. The topological polar surface area (TPSA) is 87.5 Å². The Morgan fingerprint density at radius 3 is 2.72 bits per heavy atom. The lowest BCUT2D eigenvalue weighted by Gasteiger charge is -2.56. The van der Waals surface area contributed by atoms with Crippen molar-refractivity contribution in [2.45, 2.75) is 50.6 Å². The molecule has 8 heteroatoms. The van der Waals surface area contributed by atoms with Crippen molar-refractivity contribution >= 4 is 17.7 Å². The predicted octanol–water partition coefficient (Wildman–Crippen LogP) is 0.788. The number of amides is 3. The molecule has 3 amide bonds. The van der Waals surface area contributed by atoms with Crippen LogP contribution in [0.2, 0.25) is 0 Å². The van der Waals surface area contributed by atoms with Crippen LogP contribution in [0.25, 0.3) is 0 Å². The third-order valence-electron chi connectivity index (χ3n) is 7.23.